The molecule has 0 aliphatic heterocycles. The van der Waals surface area contributed by atoms with Gasteiger partial charge in [0.2, 0.25) is 0 Å². The predicted molar refractivity (Wildman–Crippen MR) is 73.2 cm³/mol. The van der Waals surface area contributed by atoms with Gasteiger partial charge in [0.15, 0.2) is 11.5 Å². The van der Waals surface area contributed by atoms with E-state index in [1.54, 1.807) is 0 Å². The van der Waals surface area contributed by atoms with Gasteiger partial charge < -0.3 is 10.5 Å². The molecule has 0 atom stereocenters. The Morgan fingerprint density at radius 1 is 1.35 bits per heavy atom. The summed E-state index contributed by atoms with van der Waals surface area (Å²) in [6, 6.07) is 3.94. The van der Waals surface area contributed by atoms with Crippen LogP contribution in [0.3, 0.4) is 0 Å². The number of carbonyl (C=O) groups excluding carboxylic acids is 1. The van der Waals surface area contributed by atoms with E-state index in [0.29, 0.717) is 0 Å². The SMILES string of the molecule is COC(=O)c1nc(-c2ccc(Cl)cc2F)nc(N)c1Cl. The molecule has 0 amide bonds. The maximum Gasteiger partial charge on any atom is 0.358 e. The molecule has 1 aromatic carbocycles. The summed E-state index contributed by atoms with van der Waals surface area (Å²) in [5, 5.41) is 0.0800. The van der Waals surface area contributed by atoms with Crippen molar-refractivity contribution < 1.29 is 13.9 Å². The lowest BCUT2D eigenvalue weighted by molar-refractivity contribution is 0.0594. The normalized spacial score (nSPS) is 10.4. The molecule has 0 aliphatic rings. The molecule has 2 aromatic rings. The number of hydrogen-bond acceptors (Lipinski definition) is 5. The van der Waals surface area contributed by atoms with Crippen molar-refractivity contribution >= 4 is 35.0 Å². The van der Waals surface area contributed by atoms with Crippen molar-refractivity contribution in [2.45, 2.75) is 0 Å². The largest absolute Gasteiger partial charge is 0.464 e. The molecule has 1 heterocycles. The molecule has 104 valence electrons. The van der Waals surface area contributed by atoms with Crippen LogP contribution < -0.4 is 5.73 Å². The van der Waals surface area contributed by atoms with Gasteiger partial charge in [0.05, 0.1) is 12.7 Å². The number of nitrogen functional groups attached to an aromatic ring is 1. The van der Waals surface area contributed by atoms with Gasteiger partial charge >= 0.3 is 5.97 Å². The number of benzene rings is 1. The summed E-state index contributed by atoms with van der Waals surface area (Å²) < 4.78 is 18.4. The van der Waals surface area contributed by atoms with E-state index < -0.39 is 11.8 Å². The van der Waals surface area contributed by atoms with Crippen LogP contribution in [0.2, 0.25) is 10.0 Å². The summed E-state index contributed by atoms with van der Waals surface area (Å²) in [6.07, 6.45) is 0. The third kappa shape index (κ3) is 2.66. The van der Waals surface area contributed by atoms with Gasteiger partial charge in [-0.25, -0.2) is 19.2 Å². The molecule has 2 N–H and O–H groups in total. The van der Waals surface area contributed by atoms with E-state index in [-0.39, 0.29) is 32.9 Å². The lowest BCUT2D eigenvalue weighted by atomic mass is 10.2. The number of ether oxygens (including phenoxy) is 1. The third-order valence-corrected chi connectivity index (χ3v) is 3.04. The fourth-order valence-corrected chi connectivity index (χ4v) is 1.81. The maximum absolute atomic E-state index is 13.8. The zero-order valence-corrected chi connectivity index (χ0v) is 11.7. The number of esters is 1. The Morgan fingerprint density at radius 3 is 2.65 bits per heavy atom. The van der Waals surface area contributed by atoms with Crippen LogP contribution in [0, 0.1) is 5.82 Å². The molecule has 0 aliphatic carbocycles. The highest BCUT2D eigenvalue weighted by Crippen LogP contribution is 2.27. The smallest absolute Gasteiger partial charge is 0.358 e. The van der Waals surface area contributed by atoms with Crippen LogP contribution in [-0.4, -0.2) is 23.0 Å². The zero-order valence-electron chi connectivity index (χ0n) is 10.2. The van der Waals surface area contributed by atoms with Crippen molar-refractivity contribution in [2.75, 3.05) is 12.8 Å². The van der Waals surface area contributed by atoms with E-state index in [0.717, 1.165) is 6.07 Å². The summed E-state index contributed by atoms with van der Waals surface area (Å²) in [5.74, 6) is -1.66. The van der Waals surface area contributed by atoms with Gasteiger partial charge in [-0.3, -0.25) is 0 Å². The molecule has 20 heavy (non-hydrogen) atoms. The van der Waals surface area contributed by atoms with Crippen LogP contribution in [0.15, 0.2) is 18.2 Å². The van der Waals surface area contributed by atoms with Crippen molar-refractivity contribution in [3.05, 3.63) is 39.8 Å². The number of hydrogen-bond donors (Lipinski definition) is 1. The second kappa shape index (κ2) is 5.60. The molecular formula is C12H8Cl2FN3O2. The van der Waals surface area contributed by atoms with Gasteiger partial charge in [-0.15, -0.1) is 0 Å². The highest BCUT2D eigenvalue weighted by atomic mass is 35.5. The molecule has 1 aromatic heterocycles. The molecule has 0 bridgehead atoms. The minimum Gasteiger partial charge on any atom is -0.464 e. The van der Waals surface area contributed by atoms with Crippen LogP contribution in [0.25, 0.3) is 11.4 Å². The van der Waals surface area contributed by atoms with E-state index in [2.05, 4.69) is 14.7 Å². The number of anilines is 1. The van der Waals surface area contributed by atoms with Crippen molar-refractivity contribution in [3.63, 3.8) is 0 Å². The van der Waals surface area contributed by atoms with Crippen LogP contribution in [-0.2, 0) is 4.74 Å². The van der Waals surface area contributed by atoms with Crippen molar-refractivity contribution in [1.29, 1.82) is 0 Å². The highest BCUT2D eigenvalue weighted by Gasteiger charge is 2.20. The standard InChI is InChI=1S/C12H8Cl2FN3O2/c1-20-12(19)9-8(14)10(16)18-11(17-9)6-3-2-5(13)4-7(6)15/h2-4H,1H3,(H2,16,17,18). The molecule has 8 heteroatoms. The minimum absolute atomic E-state index is 0.0444. The molecule has 2 rings (SSSR count). The fraction of sp³-hybridized carbons (Fsp3) is 0.0833. The molecule has 0 saturated heterocycles. The van der Waals surface area contributed by atoms with E-state index in [4.69, 9.17) is 28.9 Å². The van der Waals surface area contributed by atoms with Crippen LogP contribution in [0.5, 0.6) is 0 Å². The van der Waals surface area contributed by atoms with Gasteiger partial charge in [0.25, 0.3) is 0 Å². The number of rotatable bonds is 2. The fourth-order valence-electron chi connectivity index (χ4n) is 1.49. The van der Waals surface area contributed by atoms with Crippen molar-refractivity contribution in [1.82, 2.24) is 9.97 Å². The van der Waals surface area contributed by atoms with Crippen LogP contribution in [0.4, 0.5) is 10.2 Å². The Kier molecular flexibility index (Phi) is 4.06. The first kappa shape index (κ1) is 14.5. The van der Waals surface area contributed by atoms with Crippen molar-refractivity contribution in [2.24, 2.45) is 0 Å². The lowest BCUT2D eigenvalue weighted by Gasteiger charge is -2.08. The van der Waals surface area contributed by atoms with Gasteiger partial charge in [-0.1, -0.05) is 23.2 Å². The zero-order chi connectivity index (χ0) is 14.9. The topological polar surface area (TPSA) is 78.1 Å². The molecule has 0 fully saturated rings. The Labute approximate surface area is 123 Å². The van der Waals surface area contributed by atoms with E-state index >= 15 is 0 Å². The Bertz CT molecular complexity index is 695. The Hall–Kier alpha value is -1.92. The van der Waals surface area contributed by atoms with Gasteiger partial charge in [0.1, 0.15) is 16.7 Å². The van der Waals surface area contributed by atoms with E-state index in [9.17, 15) is 9.18 Å². The second-order valence-electron chi connectivity index (χ2n) is 3.71. The third-order valence-electron chi connectivity index (χ3n) is 2.43. The Balaban J connectivity index is 2.63. The number of carbonyl (C=O) groups is 1. The number of halogens is 3. The summed E-state index contributed by atoms with van der Waals surface area (Å²) in [7, 11) is 1.17. The molecule has 0 radical (unpaired) electrons. The van der Waals surface area contributed by atoms with Gasteiger partial charge in [0, 0.05) is 5.02 Å². The van der Waals surface area contributed by atoms with Crippen molar-refractivity contribution in [3.8, 4) is 11.4 Å². The molecule has 0 saturated carbocycles. The summed E-state index contributed by atoms with van der Waals surface area (Å²) >= 11 is 11.5. The van der Waals surface area contributed by atoms with Crippen LogP contribution in [0.1, 0.15) is 10.5 Å². The number of nitrogens with zero attached hydrogens (tertiary/aromatic N) is 2. The van der Waals surface area contributed by atoms with Crippen LogP contribution >= 0.6 is 23.2 Å². The van der Waals surface area contributed by atoms with Gasteiger partial charge in [-0.2, -0.15) is 0 Å². The molecule has 0 unspecified atom stereocenters. The summed E-state index contributed by atoms with van der Waals surface area (Å²) in [6.45, 7) is 0. The predicted octanol–water partition coefficient (Wildman–Crippen LogP) is 2.96. The average Bonchev–Trinajstić information content (AvgIpc) is 2.41. The number of methoxy groups -OCH3 is 1. The Morgan fingerprint density at radius 2 is 2.05 bits per heavy atom. The van der Waals surface area contributed by atoms with Gasteiger partial charge in [-0.05, 0) is 18.2 Å². The maximum atomic E-state index is 13.8. The first-order valence-electron chi connectivity index (χ1n) is 5.30. The average molecular weight is 316 g/mol. The first-order chi connectivity index (χ1) is 9.43. The number of nitrogens with two attached hydrogens (primary N) is 1. The number of aromatic nitrogens is 2. The van der Waals surface area contributed by atoms with E-state index in [1.807, 2.05) is 0 Å². The summed E-state index contributed by atoms with van der Waals surface area (Å²) in [5.41, 5.74) is 5.41. The lowest BCUT2D eigenvalue weighted by Crippen LogP contribution is -2.10. The minimum atomic E-state index is -0.792. The quantitative estimate of drug-likeness (QED) is 0.862. The molecule has 5 nitrogen and oxygen atoms in total. The second-order valence-corrected chi connectivity index (χ2v) is 4.53. The van der Waals surface area contributed by atoms with E-state index in [1.165, 1.54) is 19.2 Å². The summed E-state index contributed by atoms with van der Waals surface area (Å²) in [4.78, 5) is 19.3. The molecular weight excluding hydrogens is 308 g/mol. The first-order valence-corrected chi connectivity index (χ1v) is 6.06. The molecule has 0 spiro atoms. The highest BCUT2D eigenvalue weighted by molar-refractivity contribution is 6.35. The monoisotopic (exact) mass is 315 g/mol.